The van der Waals surface area contributed by atoms with Crippen LogP contribution in [0, 0.1) is 0 Å². The molecular weight excluding hydrogens is 366 g/mol. The molecule has 2 heterocycles. The summed E-state index contributed by atoms with van der Waals surface area (Å²) in [5.41, 5.74) is 2.49. The molecule has 5 aromatic rings. The van der Waals surface area contributed by atoms with Gasteiger partial charge >= 0.3 is 0 Å². The van der Waals surface area contributed by atoms with Crippen molar-refractivity contribution >= 4 is 33.5 Å². The van der Waals surface area contributed by atoms with Crippen LogP contribution >= 0.6 is 0 Å². The zero-order valence-electron chi connectivity index (χ0n) is 15.2. The molecule has 0 aliphatic carbocycles. The Bertz CT molecular complexity index is 1420. The molecule has 1 amide bonds. The van der Waals surface area contributed by atoms with Gasteiger partial charge in [0.15, 0.2) is 0 Å². The van der Waals surface area contributed by atoms with E-state index < -0.39 is 5.91 Å². The molecule has 0 aliphatic heterocycles. The van der Waals surface area contributed by atoms with Gasteiger partial charge in [0, 0.05) is 28.6 Å². The van der Waals surface area contributed by atoms with Crippen molar-refractivity contribution in [2.24, 2.45) is 0 Å². The van der Waals surface area contributed by atoms with E-state index in [1.165, 1.54) is 16.8 Å². The minimum atomic E-state index is -0.412. The van der Waals surface area contributed by atoms with Gasteiger partial charge in [-0.3, -0.25) is 9.59 Å². The number of amides is 1. The first-order valence-corrected chi connectivity index (χ1v) is 9.07. The predicted octanol–water partition coefficient (Wildman–Crippen LogP) is 4.38. The molecule has 0 spiro atoms. The highest BCUT2D eigenvalue weighted by molar-refractivity contribution is 6.08. The normalized spacial score (nSPS) is 11.0. The standard InChI is InChI=1S/C23H15N3O3/c27-22-13-12-19(25-26(22)16-6-2-1-3-7-16)23(28)24-15-10-11-18-17-8-4-5-9-20(17)29-21(18)14-15/h1-14H,(H,24,28). The monoisotopic (exact) mass is 381 g/mol. The highest BCUT2D eigenvalue weighted by Crippen LogP contribution is 2.30. The van der Waals surface area contributed by atoms with E-state index in [0.29, 0.717) is 17.0 Å². The van der Waals surface area contributed by atoms with Crippen LogP contribution in [-0.4, -0.2) is 15.7 Å². The van der Waals surface area contributed by atoms with Crippen molar-refractivity contribution < 1.29 is 9.21 Å². The molecular formula is C23H15N3O3. The van der Waals surface area contributed by atoms with Gasteiger partial charge in [0.1, 0.15) is 16.9 Å². The third-order valence-corrected chi connectivity index (χ3v) is 4.67. The Morgan fingerprint density at radius 1 is 0.828 bits per heavy atom. The van der Waals surface area contributed by atoms with Crippen LogP contribution in [0.2, 0.25) is 0 Å². The molecule has 0 fully saturated rings. The van der Waals surface area contributed by atoms with E-state index in [2.05, 4.69) is 10.4 Å². The lowest BCUT2D eigenvalue weighted by Crippen LogP contribution is -2.24. The summed E-state index contributed by atoms with van der Waals surface area (Å²) >= 11 is 0. The lowest BCUT2D eigenvalue weighted by molar-refractivity contribution is 0.102. The van der Waals surface area contributed by atoms with Gasteiger partial charge in [0.2, 0.25) is 0 Å². The highest BCUT2D eigenvalue weighted by Gasteiger charge is 2.13. The summed E-state index contributed by atoms with van der Waals surface area (Å²) in [6, 6.07) is 25.0. The number of para-hydroxylation sites is 2. The topological polar surface area (TPSA) is 77.1 Å². The summed E-state index contributed by atoms with van der Waals surface area (Å²) < 4.78 is 7.07. The van der Waals surface area contributed by atoms with Crippen molar-refractivity contribution in [2.45, 2.75) is 0 Å². The van der Waals surface area contributed by atoms with Crippen LogP contribution in [0.25, 0.3) is 27.6 Å². The average molecular weight is 381 g/mol. The van der Waals surface area contributed by atoms with Crippen LogP contribution in [0.1, 0.15) is 10.5 Å². The Balaban J connectivity index is 1.47. The van der Waals surface area contributed by atoms with Crippen molar-refractivity contribution in [1.29, 1.82) is 0 Å². The lowest BCUT2D eigenvalue weighted by atomic mass is 10.1. The smallest absolute Gasteiger partial charge is 0.276 e. The zero-order valence-corrected chi connectivity index (χ0v) is 15.2. The van der Waals surface area contributed by atoms with Crippen LogP contribution in [-0.2, 0) is 0 Å². The molecule has 6 nitrogen and oxygen atoms in total. The molecule has 1 N–H and O–H groups in total. The molecule has 0 saturated heterocycles. The summed E-state index contributed by atoms with van der Waals surface area (Å²) in [5.74, 6) is -0.412. The van der Waals surface area contributed by atoms with Gasteiger partial charge in [-0.1, -0.05) is 36.4 Å². The van der Waals surface area contributed by atoms with E-state index in [4.69, 9.17) is 4.42 Å². The Hall–Kier alpha value is -4.19. The van der Waals surface area contributed by atoms with Crippen molar-refractivity contribution in [1.82, 2.24) is 9.78 Å². The molecule has 29 heavy (non-hydrogen) atoms. The number of nitrogens with one attached hydrogen (secondary N) is 1. The minimum Gasteiger partial charge on any atom is -0.456 e. The fourth-order valence-corrected chi connectivity index (χ4v) is 3.29. The van der Waals surface area contributed by atoms with Crippen LogP contribution in [0.4, 0.5) is 5.69 Å². The van der Waals surface area contributed by atoms with Crippen LogP contribution < -0.4 is 10.9 Å². The molecule has 0 bridgehead atoms. The lowest BCUT2D eigenvalue weighted by Gasteiger charge is -2.08. The molecule has 2 aromatic heterocycles. The van der Waals surface area contributed by atoms with Gasteiger partial charge in [0.25, 0.3) is 11.5 Å². The summed E-state index contributed by atoms with van der Waals surface area (Å²) in [7, 11) is 0. The van der Waals surface area contributed by atoms with E-state index in [-0.39, 0.29) is 11.3 Å². The average Bonchev–Trinajstić information content (AvgIpc) is 3.12. The highest BCUT2D eigenvalue weighted by atomic mass is 16.3. The van der Waals surface area contributed by atoms with Crippen molar-refractivity contribution in [3.8, 4) is 5.69 Å². The maximum atomic E-state index is 12.7. The summed E-state index contributed by atoms with van der Waals surface area (Å²) in [6.07, 6.45) is 0. The molecule has 0 aliphatic rings. The first-order chi connectivity index (χ1) is 14.2. The zero-order chi connectivity index (χ0) is 19.8. The maximum absolute atomic E-state index is 12.7. The molecule has 6 heteroatoms. The number of rotatable bonds is 3. The van der Waals surface area contributed by atoms with E-state index >= 15 is 0 Å². The Morgan fingerprint density at radius 3 is 2.45 bits per heavy atom. The second kappa shape index (κ2) is 6.76. The van der Waals surface area contributed by atoms with Gasteiger partial charge < -0.3 is 9.73 Å². The van der Waals surface area contributed by atoms with Gasteiger partial charge in [-0.2, -0.15) is 9.78 Å². The van der Waals surface area contributed by atoms with E-state index in [0.717, 1.165) is 16.4 Å². The SMILES string of the molecule is O=C(Nc1ccc2c(c1)oc1ccccc12)c1ccc(=O)n(-c2ccccc2)n1. The van der Waals surface area contributed by atoms with Crippen LogP contribution in [0.5, 0.6) is 0 Å². The third kappa shape index (κ3) is 3.06. The van der Waals surface area contributed by atoms with Crippen LogP contribution in [0.15, 0.2) is 94.1 Å². The van der Waals surface area contributed by atoms with E-state index in [9.17, 15) is 9.59 Å². The number of hydrogen-bond donors (Lipinski definition) is 1. The number of carbonyl (C=O) groups is 1. The number of benzene rings is 3. The number of furan rings is 1. The first kappa shape index (κ1) is 16.9. The largest absolute Gasteiger partial charge is 0.456 e. The molecule has 5 rings (SSSR count). The molecule has 0 saturated carbocycles. The number of hydrogen-bond acceptors (Lipinski definition) is 4. The van der Waals surface area contributed by atoms with Crippen molar-refractivity contribution in [2.75, 3.05) is 5.32 Å². The summed E-state index contributed by atoms with van der Waals surface area (Å²) in [5, 5.41) is 9.03. The van der Waals surface area contributed by atoms with Crippen molar-refractivity contribution in [3.05, 3.63) is 101 Å². The van der Waals surface area contributed by atoms with E-state index in [1.54, 1.807) is 30.3 Å². The Labute approximate surface area is 165 Å². The Kier molecular flexibility index (Phi) is 3.95. The Morgan fingerprint density at radius 2 is 1.59 bits per heavy atom. The van der Waals surface area contributed by atoms with Gasteiger partial charge in [-0.15, -0.1) is 0 Å². The number of aromatic nitrogens is 2. The quantitative estimate of drug-likeness (QED) is 0.503. The molecule has 0 atom stereocenters. The fraction of sp³-hybridized carbons (Fsp3) is 0. The molecule has 140 valence electrons. The molecule has 0 unspecified atom stereocenters. The molecule has 3 aromatic carbocycles. The summed E-state index contributed by atoms with van der Waals surface area (Å²) in [4.78, 5) is 24.8. The number of fused-ring (bicyclic) bond motifs is 3. The minimum absolute atomic E-state index is 0.137. The predicted molar refractivity (Wildman–Crippen MR) is 112 cm³/mol. The van der Waals surface area contributed by atoms with Crippen molar-refractivity contribution in [3.63, 3.8) is 0 Å². The van der Waals surface area contributed by atoms with Gasteiger partial charge in [0.05, 0.1) is 5.69 Å². The molecule has 0 radical (unpaired) electrons. The fourth-order valence-electron chi connectivity index (χ4n) is 3.29. The van der Waals surface area contributed by atoms with Crippen LogP contribution in [0.3, 0.4) is 0 Å². The third-order valence-electron chi connectivity index (χ3n) is 4.67. The first-order valence-electron chi connectivity index (χ1n) is 9.07. The van der Waals surface area contributed by atoms with Gasteiger partial charge in [-0.25, -0.2) is 0 Å². The second-order valence-corrected chi connectivity index (χ2v) is 6.57. The maximum Gasteiger partial charge on any atom is 0.276 e. The van der Waals surface area contributed by atoms with Gasteiger partial charge in [-0.05, 0) is 36.4 Å². The number of carbonyl (C=O) groups excluding carboxylic acids is 1. The number of nitrogens with zero attached hydrogens (tertiary/aromatic N) is 2. The van der Waals surface area contributed by atoms with E-state index in [1.807, 2.05) is 42.5 Å². The summed E-state index contributed by atoms with van der Waals surface area (Å²) in [6.45, 7) is 0. The second-order valence-electron chi connectivity index (χ2n) is 6.57. The number of anilines is 1.